The summed E-state index contributed by atoms with van der Waals surface area (Å²) < 4.78 is 23.4. The van der Waals surface area contributed by atoms with Gasteiger partial charge in [-0.3, -0.25) is 4.84 Å². The van der Waals surface area contributed by atoms with Gasteiger partial charge in [0.05, 0.1) is 19.9 Å². The molecule has 0 fully saturated rings. The van der Waals surface area contributed by atoms with E-state index in [0.717, 1.165) is 10.7 Å². The molecule has 1 aromatic rings. The lowest BCUT2D eigenvalue weighted by molar-refractivity contribution is -0.0549. The average molecular weight is 265 g/mol. The van der Waals surface area contributed by atoms with E-state index in [1.54, 1.807) is 18.2 Å². The number of nitrogens with zero attached hydrogens (tertiary/aromatic N) is 1. The topological polar surface area (TPSA) is 72.6 Å². The van der Waals surface area contributed by atoms with E-state index in [4.69, 9.17) is 22.2 Å². The summed E-state index contributed by atoms with van der Waals surface area (Å²) in [5, 5.41) is 0.408. The van der Waals surface area contributed by atoms with Gasteiger partial charge in [-0.15, -0.1) is 0 Å². The van der Waals surface area contributed by atoms with Gasteiger partial charge in [-0.2, -0.15) is 0 Å². The first kappa shape index (κ1) is 13.2. The standard InChI is InChI=1S/C9H13ClN2O3S/c1-15-12(16(2,13)14)6-7-3-4-8(11)5-9(7)10/h3-5H,6,11H2,1-2H3. The number of halogens is 1. The molecule has 0 aliphatic carbocycles. The number of sulfonamides is 1. The third-order valence-electron chi connectivity index (χ3n) is 1.95. The first-order chi connectivity index (χ1) is 7.34. The molecule has 7 heteroatoms. The van der Waals surface area contributed by atoms with E-state index in [0.29, 0.717) is 16.3 Å². The molecule has 0 unspecified atom stereocenters. The minimum atomic E-state index is -3.42. The van der Waals surface area contributed by atoms with Crippen molar-refractivity contribution in [3.8, 4) is 0 Å². The molecular weight excluding hydrogens is 252 g/mol. The fraction of sp³-hybridized carbons (Fsp3) is 0.333. The van der Waals surface area contributed by atoms with Gasteiger partial charge in [-0.05, 0) is 17.7 Å². The molecule has 0 bridgehead atoms. The predicted molar refractivity (Wildman–Crippen MR) is 63.3 cm³/mol. The summed E-state index contributed by atoms with van der Waals surface area (Å²) in [5.41, 5.74) is 6.68. The molecule has 0 atom stereocenters. The van der Waals surface area contributed by atoms with E-state index in [2.05, 4.69) is 0 Å². The molecule has 0 heterocycles. The van der Waals surface area contributed by atoms with Crippen LogP contribution in [0.5, 0.6) is 0 Å². The van der Waals surface area contributed by atoms with Gasteiger partial charge in [0.15, 0.2) is 0 Å². The highest BCUT2D eigenvalue weighted by atomic mass is 35.5. The van der Waals surface area contributed by atoms with Crippen molar-refractivity contribution in [3.63, 3.8) is 0 Å². The van der Waals surface area contributed by atoms with Crippen molar-refractivity contribution in [1.29, 1.82) is 0 Å². The zero-order chi connectivity index (χ0) is 12.3. The number of hydroxylamine groups is 1. The Kier molecular flexibility index (Phi) is 4.15. The van der Waals surface area contributed by atoms with E-state index in [-0.39, 0.29) is 6.54 Å². The number of benzene rings is 1. The van der Waals surface area contributed by atoms with Crippen LogP contribution in [0.2, 0.25) is 5.02 Å². The normalized spacial score (nSPS) is 12.0. The Hall–Kier alpha value is -0.820. The molecule has 0 radical (unpaired) electrons. The Morgan fingerprint density at radius 1 is 1.50 bits per heavy atom. The monoisotopic (exact) mass is 264 g/mol. The van der Waals surface area contributed by atoms with Crippen LogP contribution in [0.1, 0.15) is 5.56 Å². The molecule has 0 aliphatic heterocycles. The van der Waals surface area contributed by atoms with Crippen LogP contribution in [0.3, 0.4) is 0 Å². The van der Waals surface area contributed by atoms with Crippen molar-refractivity contribution in [2.45, 2.75) is 6.54 Å². The Bertz CT molecular complexity index is 476. The fourth-order valence-corrected chi connectivity index (χ4v) is 2.04. The van der Waals surface area contributed by atoms with Crippen molar-refractivity contribution in [2.24, 2.45) is 0 Å². The van der Waals surface area contributed by atoms with Gasteiger partial charge in [0.2, 0.25) is 10.0 Å². The summed E-state index contributed by atoms with van der Waals surface area (Å²) >= 11 is 5.92. The van der Waals surface area contributed by atoms with Crippen LogP contribution in [-0.4, -0.2) is 26.3 Å². The predicted octanol–water partition coefficient (Wildman–Crippen LogP) is 1.25. The molecule has 0 saturated heterocycles. The smallest absolute Gasteiger partial charge is 0.233 e. The highest BCUT2D eigenvalue weighted by Crippen LogP contribution is 2.21. The number of anilines is 1. The summed E-state index contributed by atoms with van der Waals surface area (Å²) in [6, 6.07) is 4.87. The van der Waals surface area contributed by atoms with Gasteiger partial charge in [0.25, 0.3) is 0 Å². The zero-order valence-electron chi connectivity index (χ0n) is 8.97. The SMILES string of the molecule is CON(Cc1ccc(N)cc1Cl)S(C)(=O)=O. The minimum absolute atomic E-state index is 0.0500. The third kappa shape index (κ3) is 3.34. The van der Waals surface area contributed by atoms with Crippen molar-refractivity contribution in [1.82, 2.24) is 4.47 Å². The Morgan fingerprint density at radius 3 is 2.56 bits per heavy atom. The Morgan fingerprint density at radius 2 is 2.12 bits per heavy atom. The summed E-state index contributed by atoms with van der Waals surface area (Å²) in [6.07, 6.45) is 1.06. The van der Waals surface area contributed by atoms with Gasteiger partial charge < -0.3 is 5.73 Å². The Labute approximate surface area is 99.8 Å². The van der Waals surface area contributed by atoms with Crippen molar-refractivity contribution in [3.05, 3.63) is 28.8 Å². The number of hydrogen-bond acceptors (Lipinski definition) is 4. The highest BCUT2D eigenvalue weighted by Gasteiger charge is 2.17. The minimum Gasteiger partial charge on any atom is -0.399 e. The average Bonchev–Trinajstić information content (AvgIpc) is 2.14. The third-order valence-corrected chi connectivity index (χ3v) is 3.32. The van der Waals surface area contributed by atoms with Crippen LogP contribution in [0.15, 0.2) is 18.2 Å². The first-order valence-electron chi connectivity index (χ1n) is 4.40. The van der Waals surface area contributed by atoms with Gasteiger partial charge in [0, 0.05) is 10.7 Å². The summed E-state index contributed by atoms with van der Waals surface area (Å²) in [5.74, 6) is 0. The molecule has 0 spiro atoms. The van der Waals surface area contributed by atoms with Gasteiger partial charge in [-0.25, -0.2) is 8.42 Å². The molecule has 16 heavy (non-hydrogen) atoms. The molecule has 1 aromatic carbocycles. The van der Waals surface area contributed by atoms with Gasteiger partial charge in [0.1, 0.15) is 0 Å². The number of hydrogen-bond donors (Lipinski definition) is 1. The maximum atomic E-state index is 11.3. The van der Waals surface area contributed by atoms with E-state index in [1.807, 2.05) is 0 Å². The van der Waals surface area contributed by atoms with Crippen LogP contribution in [-0.2, 0) is 21.4 Å². The summed E-state index contributed by atoms with van der Waals surface area (Å²) in [6.45, 7) is 0.0500. The number of rotatable bonds is 4. The maximum Gasteiger partial charge on any atom is 0.233 e. The molecule has 0 amide bonds. The molecule has 5 nitrogen and oxygen atoms in total. The van der Waals surface area contributed by atoms with Crippen LogP contribution < -0.4 is 5.73 Å². The first-order valence-corrected chi connectivity index (χ1v) is 6.63. The van der Waals surface area contributed by atoms with E-state index in [9.17, 15) is 8.42 Å². The molecule has 0 aromatic heterocycles. The highest BCUT2D eigenvalue weighted by molar-refractivity contribution is 7.88. The second kappa shape index (κ2) is 5.01. The maximum absolute atomic E-state index is 11.3. The zero-order valence-corrected chi connectivity index (χ0v) is 10.5. The number of nitrogens with two attached hydrogens (primary N) is 1. The van der Waals surface area contributed by atoms with Crippen LogP contribution >= 0.6 is 11.6 Å². The van der Waals surface area contributed by atoms with Crippen molar-refractivity contribution >= 4 is 27.3 Å². The quantitative estimate of drug-likeness (QED) is 0.656. The fourth-order valence-electron chi connectivity index (χ4n) is 1.15. The summed E-state index contributed by atoms with van der Waals surface area (Å²) in [7, 11) is -2.13. The van der Waals surface area contributed by atoms with Crippen LogP contribution in [0.25, 0.3) is 0 Å². The molecule has 90 valence electrons. The molecule has 2 N–H and O–H groups in total. The Balaban J connectivity index is 2.95. The van der Waals surface area contributed by atoms with Crippen molar-refractivity contribution in [2.75, 3.05) is 19.1 Å². The molecule has 1 rings (SSSR count). The van der Waals surface area contributed by atoms with Gasteiger partial charge in [-0.1, -0.05) is 22.1 Å². The van der Waals surface area contributed by atoms with Crippen molar-refractivity contribution < 1.29 is 13.3 Å². The second-order valence-electron chi connectivity index (χ2n) is 3.26. The van der Waals surface area contributed by atoms with E-state index in [1.165, 1.54) is 7.11 Å². The summed E-state index contributed by atoms with van der Waals surface area (Å²) in [4.78, 5) is 4.76. The molecule has 0 saturated carbocycles. The molecule has 0 aliphatic rings. The van der Waals surface area contributed by atoms with Gasteiger partial charge >= 0.3 is 0 Å². The van der Waals surface area contributed by atoms with E-state index >= 15 is 0 Å². The lowest BCUT2D eigenvalue weighted by Crippen LogP contribution is -2.28. The lowest BCUT2D eigenvalue weighted by Gasteiger charge is -2.17. The number of nitrogen functional groups attached to an aromatic ring is 1. The van der Waals surface area contributed by atoms with Crippen LogP contribution in [0.4, 0.5) is 5.69 Å². The molecular formula is C9H13ClN2O3S. The lowest BCUT2D eigenvalue weighted by atomic mass is 10.2. The second-order valence-corrected chi connectivity index (χ2v) is 5.54. The largest absolute Gasteiger partial charge is 0.399 e. The van der Waals surface area contributed by atoms with E-state index < -0.39 is 10.0 Å². The van der Waals surface area contributed by atoms with Crippen LogP contribution in [0, 0.1) is 0 Å².